The van der Waals surface area contributed by atoms with Crippen LogP contribution in [0.15, 0.2) is 18.2 Å². The summed E-state index contributed by atoms with van der Waals surface area (Å²) in [5, 5.41) is 1.06. The third-order valence-electron chi connectivity index (χ3n) is 7.48. The summed E-state index contributed by atoms with van der Waals surface area (Å²) >= 11 is 0. The number of halogens is 1. The van der Waals surface area contributed by atoms with E-state index in [9.17, 15) is 14.0 Å². The van der Waals surface area contributed by atoms with Gasteiger partial charge < -0.3 is 19.5 Å². The van der Waals surface area contributed by atoms with E-state index in [1.807, 2.05) is 26.8 Å². The number of carbonyl (C=O) groups is 2. The van der Waals surface area contributed by atoms with E-state index in [0.717, 1.165) is 48.7 Å². The van der Waals surface area contributed by atoms with Crippen molar-refractivity contribution in [3.05, 3.63) is 35.3 Å². The van der Waals surface area contributed by atoms with Crippen molar-refractivity contribution < 1.29 is 18.7 Å². The molecule has 2 amide bonds. The first-order valence-electron chi connectivity index (χ1n) is 13.0. The zero-order valence-corrected chi connectivity index (χ0v) is 22.0. The monoisotopic (exact) mass is 485 g/mol. The molecule has 0 radical (unpaired) electrons. The van der Waals surface area contributed by atoms with Crippen LogP contribution in [-0.4, -0.2) is 52.5 Å². The van der Waals surface area contributed by atoms with Gasteiger partial charge in [0.05, 0.1) is 6.04 Å². The normalized spacial score (nSPS) is 22.9. The van der Waals surface area contributed by atoms with E-state index < -0.39 is 5.60 Å². The van der Waals surface area contributed by atoms with Gasteiger partial charge in [-0.25, -0.2) is 9.18 Å². The molecule has 1 fully saturated rings. The molecule has 2 heterocycles. The van der Waals surface area contributed by atoms with Gasteiger partial charge in [-0.2, -0.15) is 0 Å². The number of carbonyl (C=O) groups excluding carboxylic acids is 2. The number of H-pyrrole nitrogens is 1. The van der Waals surface area contributed by atoms with Crippen molar-refractivity contribution in [2.75, 3.05) is 20.1 Å². The molecule has 7 heteroatoms. The second kappa shape index (κ2) is 9.82. The molecule has 0 bridgehead atoms. The predicted octanol–water partition coefficient (Wildman–Crippen LogP) is 6.06. The Morgan fingerprint density at radius 3 is 2.51 bits per heavy atom. The fraction of sp³-hybridized carbons (Fsp3) is 0.643. The third kappa shape index (κ3) is 5.49. The molecular weight excluding hydrogens is 445 g/mol. The molecule has 1 atom stereocenters. The maximum absolute atomic E-state index is 13.8. The number of hydrogen-bond acceptors (Lipinski definition) is 3. The van der Waals surface area contributed by atoms with Crippen molar-refractivity contribution in [3.8, 4) is 0 Å². The number of amides is 2. The summed E-state index contributed by atoms with van der Waals surface area (Å²) in [4.78, 5) is 33.2. The molecule has 4 rings (SSSR count). The summed E-state index contributed by atoms with van der Waals surface area (Å²) in [6.45, 7) is 11.3. The zero-order valence-electron chi connectivity index (χ0n) is 22.0. The molecular formula is C28H40FN3O3. The molecule has 1 aromatic carbocycles. The smallest absolute Gasteiger partial charge is 0.410 e. The van der Waals surface area contributed by atoms with E-state index in [1.54, 1.807) is 18.0 Å². The van der Waals surface area contributed by atoms with Crippen molar-refractivity contribution in [3.63, 3.8) is 0 Å². The lowest BCUT2D eigenvalue weighted by molar-refractivity contribution is -0.141. The fourth-order valence-electron chi connectivity index (χ4n) is 5.87. The molecule has 2 aliphatic rings. The van der Waals surface area contributed by atoms with Gasteiger partial charge in [0.1, 0.15) is 11.4 Å². The number of aromatic amines is 1. The van der Waals surface area contributed by atoms with Crippen LogP contribution in [0.4, 0.5) is 9.18 Å². The number of nitrogens with zero attached hydrogens (tertiary/aromatic N) is 2. The highest BCUT2D eigenvalue weighted by Crippen LogP contribution is 2.41. The minimum absolute atomic E-state index is 0.0164. The van der Waals surface area contributed by atoms with E-state index >= 15 is 0 Å². The first kappa shape index (κ1) is 25.5. The minimum atomic E-state index is -0.504. The molecule has 0 saturated heterocycles. The highest BCUT2D eigenvalue weighted by atomic mass is 19.1. The quantitative estimate of drug-likeness (QED) is 0.572. The second-order valence-corrected chi connectivity index (χ2v) is 11.8. The van der Waals surface area contributed by atoms with E-state index in [-0.39, 0.29) is 35.7 Å². The van der Waals surface area contributed by atoms with Gasteiger partial charge in [-0.05, 0) is 88.5 Å². The summed E-state index contributed by atoms with van der Waals surface area (Å²) in [6, 6.07) is 4.88. The van der Waals surface area contributed by atoms with Crippen molar-refractivity contribution in [1.82, 2.24) is 14.8 Å². The molecule has 192 valence electrons. The van der Waals surface area contributed by atoms with Crippen molar-refractivity contribution in [2.24, 2.45) is 17.8 Å². The van der Waals surface area contributed by atoms with Crippen LogP contribution in [0.5, 0.6) is 0 Å². The van der Waals surface area contributed by atoms with E-state index in [4.69, 9.17) is 4.74 Å². The van der Waals surface area contributed by atoms with Crippen molar-refractivity contribution >= 4 is 22.9 Å². The first-order valence-corrected chi connectivity index (χ1v) is 13.0. The first-order chi connectivity index (χ1) is 16.4. The van der Waals surface area contributed by atoms with Gasteiger partial charge in [0, 0.05) is 42.7 Å². The number of ether oxygens (including phenoxy) is 1. The van der Waals surface area contributed by atoms with E-state index in [0.29, 0.717) is 19.0 Å². The van der Waals surface area contributed by atoms with Crippen LogP contribution in [-0.2, 0) is 16.0 Å². The highest BCUT2D eigenvalue weighted by molar-refractivity contribution is 5.86. The van der Waals surface area contributed by atoms with Crippen LogP contribution < -0.4 is 0 Å². The van der Waals surface area contributed by atoms with E-state index in [1.165, 1.54) is 11.6 Å². The molecule has 35 heavy (non-hydrogen) atoms. The predicted molar refractivity (Wildman–Crippen MR) is 136 cm³/mol. The van der Waals surface area contributed by atoms with Gasteiger partial charge in [0.25, 0.3) is 0 Å². The Bertz CT molecular complexity index is 1080. The molecule has 1 aliphatic carbocycles. The Balaban J connectivity index is 1.41. The lowest BCUT2D eigenvalue weighted by Crippen LogP contribution is -2.46. The molecule has 1 saturated carbocycles. The average Bonchev–Trinajstić information content (AvgIpc) is 3.14. The Kier molecular flexibility index (Phi) is 7.16. The molecule has 1 aliphatic heterocycles. The van der Waals surface area contributed by atoms with Crippen molar-refractivity contribution in [2.45, 2.75) is 78.4 Å². The summed E-state index contributed by atoms with van der Waals surface area (Å²) in [6.07, 6.45) is 4.04. The van der Waals surface area contributed by atoms with Gasteiger partial charge in [0.2, 0.25) is 5.91 Å². The molecule has 1 N–H and O–H groups in total. The number of benzene rings is 1. The topological polar surface area (TPSA) is 65.6 Å². The van der Waals surface area contributed by atoms with Crippen molar-refractivity contribution in [1.29, 1.82) is 0 Å². The summed E-state index contributed by atoms with van der Waals surface area (Å²) in [5.74, 6) is 0.629. The summed E-state index contributed by atoms with van der Waals surface area (Å²) < 4.78 is 19.3. The van der Waals surface area contributed by atoms with Crippen LogP contribution in [0, 0.1) is 23.6 Å². The van der Waals surface area contributed by atoms with Gasteiger partial charge in [-0.15, -0.1) is 0 Å². The number of nitrogens with one attached hydrogen (secondary N) is 1. The number of hydrogen-bond donors (Lipinski definition) is 1. The number of aromatic nitrogens is 1. The van der Waals surface area contributed by atoms with Gasteiger partial charge in [-0.3, -0.25) is 4.79 Å². The van der Waals surface area contributed by atoms with Crippen LogP contribution in [0.25, 0.3) is 10.9 Å². The lowest BCUT2D eigenvalue weighted by Gasteiger charge is -2.41. The molecule has 1 aromatic heterocycles. The summed E-state index contributed by atoms with van der Waals surface area (Å²) in [7, 11) is 1.79. The molecule has 6 nitrogen and oxygen atoms in total. The summed E-state index contributed by atoms with van der Waals surface area (Å²) in [5.41, 5.74) is 2.59. The van der Waals surface area contributed by atoms with Crippen LogP contribution in [0.2, 0.25) is 0 Å². The standard InChI is InChI=1S/C28H40FN3O3/c1-17(2)25-24-22(21-12-11-20(29)15-23(21)30-24)13-14-32(25)26(33)19-9-7-18(8-10-19)16-31(6)27(34)35-28(3,4)5/h11-12,15,17-19,25,30H,7-10,13-14,16H2,1-6H3/t18-,19-,25?. The second-order valence-electron chi connectivity index (χ2n) is 11.8. The highest BCUT2D eigenvalue weighted by Gasteiger charge is 2.39. The SMILES string of the molecule is CC(C)C1c2[nH]c3cc(F)ccc3c2CCN1C(=O)[C@H]1CC[C@H](CN(C)C(=O)OC(C)(C)C)CC1. The minimum Gasteiger partial charge on any atom is -0.444 e. The molecule has 0 spiro atoms. The Morgan fingerprint density at radius 1 is 1.20 bits per heavy atom. The maximum Gasteiger partial charge on any atom is 0.410 e. The number of rotatable bonds is 4. The zero-order chi connectivity index (χ0) is 25.5. The fourth-order valence-corrected chi connectivity index (χ4v) is 5.87. The van der Waals surface area contributed by atoms with Gasteiger partial charge >= 0.3 is 6.09 Å². The number of fused-ring (bicyclic) bond motifs is 3. The van der Waals surface area contributed by atoms with Gasteiger partial charge in [0.15, 0.2) is 0 Å². The molecule has 1 unspecified atom stereocenters. The lowest BCUT2D eigenvalue weighted by atomic mass is 9.80. The van der Waals surface area contributed by atoms with Crippen LogP contribution >= 0.6 is 0 Å². The maximum atomic E-state index is 13.8. The third-order valence-corrected chi connectivity index (χ3v) is 7.48. The largest absolute Gasteiger partial charge is 0.444 e. The van der Waals surface area contributed by atoms with Gasteiger partial charge in [-0.1, -0.05) is 13.8 Å². The molecule has 2 aromatic rings. The van der Waals surface area contributed by atoms with E-state index in [2.05, 4.69) is 23.7 Å². The average molecular weight is 486 g/mol. The van der Waals surface area contributed by atoms with Crippen LogP contribution in [0.3, 0.4) is 0 Å². The van der Waals surface area contributed by atoms with Crippen LogP contribution in [0.1, 0.15) is 77.6 Å². The Labute approximate surface area is 208 Å². The Hall–Kier alpha value is -2.57. The Morgan fingerprint density at radius 2 is 1.89 bits per heavy atom.